The second-order valence-electron chi connectivity index (χ2n) is 6.59. The van der Waals surface area contributed by atoms with E-state index in [9.17, 15) is 22.4 Å². The van der Waals surface area contributed by atoms with E-state index in [1.165, 1.54) is 41.3 Å². The van der Waals surface area contributed by atoms with E-state index in [0.717, 1.165) is 7.11 Å². The Kier molecular flexibility index (Phi) is 5.76. The van der Waals surface area contributed by atoms with Gasteiger partial charge in [-0.25, -0.2) is 17.6 Å². The molecule has 2 heterocycles. The maximum Gasteiger partial charge on any atom is 0.342 e. The van der Waals surface area contributed by atoms with E-state index < -0.39 is 27.7 Å². The number of hydrogen-bond acceptors (Lipinski definition) is 6. The lowest BCUT2D eigenvalue weighted by Gasteiger charge is -2.34. The van der Waals surface area contributed by atoms with Crippen molar-refractivity contribution in [1.29, 1.82) is 0 Å². The van der Waals surface area contributed by atoms with E-state index in [2.05, 4.69) is 0 Å². The predicted octanol–water partition coefficient (Wildman–Crippen LogP) is 1.97. The number of aryl methyl sites for hydroxylation is 2. The van der Waals surface area contributed by atoms with E-state index in [1.54, 1.807) is 6.07 Å². The molecule has 1 aromatic carbocycles. The average molecular weight is 424 g/mol. The maximum atomic E-state index is 13.9. The molecule has 0 saturated carbocycles. The molecule has 1 fully saturated rings. The molecule has 1 aromatic heterocycles. The first-order valence-electron chi connectivity index (χ1n) is 8.90. The number of halogens is 1. The number of rotatable bonds is 4. The monoisotopic (exact) mass is 424 g/mol. The first kappa shape index (κ1) is 21.0. The van der Waals surface area contributed by atoms with Crippen molar-refractivity contribution in [3.63, 3.8) is 0 Å². The van der Waals surface area contributed by atoms with Crippen LogP contribution in [-0.4, -0.2) is 62.8 Å². The minimum atomic E-state index is -4.05. The molecule has 0 unspecified atom stereocenters. The molecule has 8 nitrogen and oxygen atoms in total. The van der Waals surface area contributed by atoms with Crippen LogP contribution in [0.4, 0.5) is 4.39 Å². The molecule has 0 atom stereocenters. The van der Waals surface area contributed by atoms with Crippen LogP contribution < -0.4 is 0 Å². The third-order valence-corrected chi connectivity index (χ3v) is 6.88. The van der Waals surface area contributed by atoms with Crippen LogP contribution in [0.15, 0.2) is 33.6 Å². The predicted molar refractivity (Wildman–Crippen MR) is 101 cm³/mol. The van der Waals surface area contributed by atoms with Gasteiger partial charge in [0, 0.05) is 26.2 Å². The second-order valence-corrected chi connectivity index (χ2v) is 8.46. The van der Waals surface area contributed by atoms with Crippen molar-refractivity contribution in [2.24, 2.45) is 0 Å². The number of methoxy groups -OCH3 is 1. The van der Waals surface area contributed by atoms with Gasteiger partial charge in [0.1, 0.15) is 27.8 Å². The molecule has 156 valence electrons. The van der Waals surface area contributed by atoms with Gasteiger partial charge in [-0.15, -0.1) is 0 Å². The van der Waals surface area contributed by atoms with Crippen LogP contribution in [0.3, 0.4) is 0 Å². The largest absolute Gasteiger partial charge is 0.465 e. The van der Waals surface area contributed by atoms with Gasteiger partial charge in [0.2, 0.25) is 10.0 Å². The molecule has 3 rings (SSSR count). The van der Waals surface area contributed by atoms with Crippen LogP contribution in [0.5, 0.6) is 0 Å². The molecule has 0 spiro atoms. The van der Waals surface area contributed by atoms with Crippen molar-refractivity contribution in [1.82, 2.24) is 9.21 Å². The number of benzene rings is 1. The zero-order chi connectivity index (χ0) is 21.3. The van der Waals surface area contributed by atoms with Crippen LogP contribution in [0.25, 0.3) is 0 Å². The summed E-state index contributed by atoms with van der Waals surface area (Å²) in [6, 6.07) is 5.65. The van der Waals surface area contributed by atoms with Gasteiger partial charge in [-0.1, -0.05) is 12.1 Å². The molecular formula is C19H21FN2O6S. The van der Waals surface area contributed by atoms with Crippen LogP contribution in [-0.2, 0) is 14.8 Å². The molecule has 0 aliphatic carbocycles. The number of esters is 1. The number of nitrogens with zero attached hydrogens (tertiary/aromatic N) is 2. The smallest absolute Gasteiger partial charge is 0.342 e. The number of sulfonamides is 1. The second kappa shape index (κ2) is 7.96. The van der Waals surface area contributed by atoms with Gasteiger partial charge >= 0.3 is 5.97 Å². The highest BCUT2D eigenvalue weighted by molar-refractivity contribution is 7.89. The lowest BCUT2D eigenvalue weighted by Crippen LogP contribution is -2.50. The molecule has 1 saturated heterocycles. The number of amides is 1. The van der Waals surface area contributed by atoms with Crippen LogP contribution in [0.2, 0.25) is 0 Å². The highest BCUT2D eigenvalue weighted by atomic mass is 32.2. The highest BCUT2D eigenvalue weighted by Crippen LogP contribution is 2.30. The Hall–Kier alpha value is -2.72. The van der Waals surface area contributed by atoms with Crippen LogP contribution in [0.1, 0.15) is 32.2 Å². The first-order valence-corrected chi connectivity index (χ1v) is 10.3. The van der Waals surface area contributed by atoms with E-state index in [-0.39, 0.29) is 53.7 Å². The van der Waals surface area contributed by atoms with Crippen molar-refractivity contribution < 1.29 is 31.6 Å². The average Bonchev–Trinajstić information content (AvgIpc) is 3.01. The molecule has 10 heteroatoms. The maximum absolute atomic E-state index is 13.9. The number of ether oxygens (including phenoxy) is 1. The Morgan fingerprint density at radius 1 is 1.07 bits per heavy atom. The van der Waals surface area contributed by atoms with E-state index in [4.69, 9.17) is 9.15 Å². The molecule has 1 amide bonds. The lowest BCUT2D eigenvalue weighted by atomic mass is 10.1. The number of piperazine rings is 1. The fraction of sp³-hybridized carbons (Fsp3) is 0.368. The Bertz CT molecular complexity index is 1050. The lowest BCUT2D eigenvalue weighted by molar-refractivity contribution is 0.0594. The van der Waals surface area contributed by atoms with Gasteiger partial charge in [-0.2, -0.15) is 4.31 Å². The summed E-state index contributed by atoms with van der Waals surface area (Å²) in [6.07, 6.45) is 0. The fourth-order valence-electron chi connectivity index (χ4n) is 3.38. The number of carbonyl (C=O) groups excluding carboxylic acids is 2. The van der Waals surface area contributed by atoms with Crippen molar-refractivity contribution >= 4 is 21.9 Å². The summed E-state index contributed by atoms with van der Waals surface area (Å²) < 4.78 is 51.4. The molecule has 0 radical (unpaired) electrons. The summed E-state index contributed by atoms with van der Waals surface area (Å²) in [5, 5.41) is 0. The zero-order valence-corrected chi connectivity index (χ0v) is 17.1. The van der Waals surface area contributed by atoms with Crippen molar-refractivity contribution in [2.45, 2.75) is 18.7 Å². The Morgan fingerprint density at radius 2 is 1.69 bits per heavy atom. The minimum Gasteiger partial charge on any atom is -0.465 e. The highest BCUT2D eigenvalue weighted by Gasteiger charge is 2.37. The van der Waals surface area contributed by atoms with Gasteiger partial charge in [-0.05, 0) is 26.0 Å². The SMILES string of the molecule is COC(=O)c1c(C)oc(C)c1S(=O)(=O)N1CCN(C(=O)c2ccccc2F)CC1. The number of furan rings is 1. The topological polar surface area (TPSA) is 97.1 Å². The van der Waals surface area contributed by atoms with Crippen LogP contribution in [0, 0.1) is 19.7 Å². The number of carbonyl (C=O) groups is 2. The van der Waals surface area contributed by atoms with Gasteiger partial charge < -0.3 is 14.1 Å². The van der Waals surface area contributed by atoms with Gasteiger partial charge in [0.15, 0.2) is 0 Å². The Labute approximate surface area is 167 Å². The third kappa shape index (κ3) is 3.77. The summed E-state index contributed by atoms with van der Waals surface area (Å²) in [6.45, 7) is 3.15. The van der Waals surface area contributed by atoms with Crippen molar-refractivity contribution in [2.75, 3.05) is 33.3 Å². The third-order valence-electron chi connectivity index (χ3n) is 4.82. The van der Waals surface area contributed by atoms with Crippen molar-refractivity contribution in [3.05, 3.63) is 52.7 Å². The van der Waals surface area contributed by atoms with Crippen molar-refractivity contribution in [3.8, 4) is 0 Å². The summed E-state index contributed by atoms with van der Waals surface area (Å²) in [4.78, 5) is 25.8. The molecular weight excluding hydrogens is 403 g/mol. The molecule has 2 aromatic rings. The Morgan fingerprint density at radius 3 is 2.28 bits per heavy atom. The van der Waals surface area contributed by atoms with E-state index in [1.807, 2.05) is 0 Å². The van der Waals surface area contributed by atoms with Gasteiger partial charge in [0.25, 0.3) is 5.91 Å². The normalized spacial score (nSPS) is 15.4. The van der Waals surface area contributed by atoms with E-state index >= 15 is 0 Å². The van der Waals surface area contributed by atoms with Gasteiger partial charge in [-0.3, -0.25) is 4.79 Å². The summed E-state index contributed by atoms with van der Waals surface area (Å²) in [5.41, 5.74) is -0.187. The molecule has 0 bridgehead atoms. The Balaban J connectivity index is 1.82. The van der Waals surface area contributed by atoms with Crippen LogP contribution >= 0.6 is 0 Å². The molecule has 1 aliphatic rings. The fourth-order valence-corrected chi connectivity index (χ4v) is 5.17. The zero-order valence-electron chi connectivity index (χ0n) is 16.3. The molecule has 29 heavy (non-hydrogen) atoms. The molecule has 1 aliphatic heterocycles. The van der Waals surface area contributed by atoms with E-state index in [0.29, 0.717) is 0 Å². The molecule has 0 N–H and O–H groups in total. The van der Waals surface area contributed by atoms with Gasteiger partial charge in [0.05, 0.1) is 12.7 Å². The standard InChI is InChI=1S/C19H21FN2O6S/c1-12-16(19(24)27-3)17(13(2)28-12)29(25,26)22-10-8-21(9-11-22)18(23)14-6-4-5-7-15(14)20/h4-7H,8-11H2,1-3H3. The summed E-state index contributed by atoms with van der Waals surface area (Å²) in [5.74, 6) is -1.68. The minimum absolute atomic E-state index is 0.00675. The quantitative estimate of drug-likeness (QED) is 0.696. The summed E-state index contributed by atoms with van der Waals surface area (Å²) >= 11 is 0. The summed E-state index contributed by atoms with van der Waals surface area (Å²) in [7, 11) is -2.89. The number of hydrogen-bond donors (Lipinski definition) is 0. The first-order chi connectivity index (χ1) is 13.7.